The van der Waals surface area contributed by atoms with Crippen LogP contribution in [0.1, 0.15) is 11.1 Å². The molecular formula is C25H25N5O5. The largest absolute Gasteiger partial charge is 0.493 e. The van der Waals surface area contributed by atoms with Gasteiger partial charge in [-0.25, -0.2) is 9.78 Å². The standard InChI is InChI=1S/C25H25N5O5/c1-34-20-6-5-17(14-21(20)35-2)9-13-27-22(31)16-29-19-4-3-10-28-23(19)24(32)30(25(29)33)15-18-7-11-26-12-8-18/h3-8,10-12,14H,9,13,15-16H2,1-2H3,(H,27,31). The first-order chi connectivity index (χ1) is 17.0. The van der Waals surface area contributed by atoms with E-state index in [9.17, 15) is 14.4 Å². The summed E-state index contributed by atoms with van der Waals surface area (Å²) in [6, 6.07) is 12.2. The molecule has 10 heteroatoms. The van der Waals surface area contributed by atoms with Crippen LogP contribution in [0.2, 0.25) is 0 Å². The van der Waals surface area contributed by atoms with Gasteiger partial charge in [-0.1, -0.05) is 6.07 Å². The van der Waals surface area contributed by atoms with Gasteiger partial charge < -0.3 is 14.8 Å². The smallest absolute Gasteiger partial charge is 0.332 e. The topological polar surface area (TPSA) is 117 Å². The van der Waals surface area contributed by atoms with Crippen LogP contribution in [0, 0.1) is 0 Å². The lowest BCUT2D eigenvalue weighted by Crippen LogP contribution is -2.43. The maximum absolute atomic E-state index is 13.2. The SMILES string of the molecule is COc1ccc(CCNC(=O)Cn2c(=O)n(Cc3ccncc3)c(=O)c3ncccc32)cc1OC. The highest BCUT2D eigenvalue weighted by molar-refractivity contribution is 5.79. The number of benzene rings is 1. The van der Waals surface area contributed by atoms with Gasteiger partial charge in [0.15, 0.2) is 17.0 Å². The van der Waals surface area contributed by atoms with Gasteiger partial charge in [0.1, 0.15) is 6.54 Å². The van der Waals surface area contributed by atoms with Crippen molar-refractivity contribution < 1.29 is 14.3 Å². The molecule has 180 valence electrons. The summed E-state index contributed by atoms with van der Waals surface area (Å²) < 4.78 is 12.9. The normalized spacial score (nSPS) is 10.8. The molecule has 0 atom stereocenters. The van der Waals surface area contributed by atoms with Crippen molar-refractivity contribution in [2.45, 2.75) is 19.5 Å². The quantitative estimate of drug-likeness (QED) is 0.389. The Hall–Kier alpha value is -4.47. The van der Waals surface area contributed by atoms with Gasteiger partial charge in [0.05, 0.1) is 26.3 Å². The molecule has 1 N–H and O–H groups in total. The highest BCUT2D eigenvalue weighted by Gasteiger charge is 2.16. The minimum atomic E-state index is -0.581. The first-order valence-electron chi connectivity index (χ1n) is 11.0. The zero-order valence-corrected chi connectivity index (χ0v) is 19.4. The Morgan fingerprint density at radius 2 is 1.71 bits per heavy atom. The number of fused-ring (bicyclic) bond motifs is 1. The summed E-state index contributed by atoms with van der Waals surface area (Å²) in [6.45, 7) is 0.160. The Bertz CT molecular complexity index is 1460. The maximum Gasteiger partial charge on any atom is 0.332 e. The zero-order chi connectivity index (χ0) is 24.8. The van der Waals surface area contributed by atoms with Crippen molar-refractivity contribution in [3.63, 3.8) is 0 Å². The molecule has 3 heterocycles. The van der Waals surface area contributed by atoms with Gasteiger partial charge in [0.25, 0.3) is 5.56 Å². The number of ether oxygens (including phenoxy) is 2. The molecule has 1 amide bonds. The van der Waals surface area contributed by atoms with Crippen LogP contribution >= 0.6 is 0 Å². The average Bonchev–Trinajstić information content (AvgIpc) is 2.89. The molecule has 0 saturated heterocycles. The van der Waals surface area contributed by atoms with Gasteiger partial charge >= 0.3 is 5.69 Å². The monoisotopic (exact) mass is 475 g/mol. The maximum atomic E-state index is 13.2. The molecular weight excluding hydrogens is 450 g/mol. The van der Waals surface area contributed by atoms with Crippen molar-refractivity contribution in [1.29, 1.82) is 0 Å². The molecule has 0 aliphatic heterocycles. The number of nitrogens with zero attached hydrogens (tertiary/aromatic N) is 4. The molecule has 0 aliphatic rings. The van der Waals surface area contributed by atoms with Crippen LogP contribution in [-0.4, -0.2) is 45.8 Å². The number of nitrogens with one attached hydrogen (secondary N) is 1. The molecule has 4 aromatic rings. The van der Waals surface area contributed by atoms with Crippen LogP contribution in [-0.2, 0) is 24.3 Å². The fourth-order valence-electron chi connectivity index (χ4n) is 3.79. The summed E-state index contributed by atoms with van der Waals surface area (Å²) in [5.74, 6) is 0.882. The molecule has 4 rings (SSSR count). The highest BCUT2D eigenvalue weighted by Crippen LogP contribution is 2.27. The molecule has 0 bridgehead atoms. The van der Waals surface area contributed by atoms with E-state index < -0.39 is 11.2 Å². The van der Waals surface area contributed by atoms with Crippen LogP contribution in [0.4, 0.5) is 0 Å². The zero-order valence-electron chi connectivity index (χ0n) is 19.4. The number of rotatable bonds is 9. The molecule has 0 saturated carbocycles. The van der Waals surface area contributed by atoms with Crippen LogP contribution in [0.25, 0.3) is 11.0 Å². The number of hydrogen-bond donors (Lipinski definition) is 1. The van der Waals surface area contributed by atoms with Gasteiger partial charge in [-0.15, -0.1) is 0 Å². The van der Waals surface area contributed by atoms with Crippen LogP contribution in [0.15, 0.2) is 70.6 Å². The van der Waals surface area contributed by atoms with E-state index >= 15 is 0 Å². The second-order valence-corrected chi connectivity index (χ2v) is 7.78. The summed E-state index contributed by atoms with van der Waals surface area (Å²) in [6.07, 6.45) is 5.22. The van der Waals surface area contributed by atoms with Gasteiger partial charge in [0, 0.05) is 25.1 Å². The fraction of sp³-hybridized carbons (Fsp3) is 0.240. The van der Waals surface area contributed by atoms with Crippen molar-refractivity contribution in [3.05, 3.63) is 93.0 Å². The summed E-state index contributed by atoms with van der Waals surface area (Å²) in [5, 5.41) is 2.83. The van der Waals surface area contributed by atoms with Crippen LogP contribution in [0.5, 0.6) is 11.5 Å². The number of aromatic nitrogens is 4. The molecule has 0 radical (unpaired) electrons. The number of carbonyl (C=O) groups is 1. The first kappa shape index (κ1) is 23.7. The molecule has 10 nitrogen and oxygen atoms in total. The van der Waals surface area contributed by atoms with Gasteiger partial charge in [-0.3, -0.25) is 23.7 Å². The van der Waals surface area contributed by atoms with E-state index in [1.165, 1.54) is 10.8 Å². The van der Waals surface area contributed by atoms with Crippen LogP contribution < -0.4 is 26.0 Å². The number of hydrogen-bond acceptors (Lipinski definition) is 7. The summed E-state index contributed by atoms with van der Waals surface area (Å²) in [5.41, 5.74) is 1.04. The van der Waals surface area contributed by atoms with Crippen molar-refractivity contribution in [1.82, 2.24) is 24.4 Å². The third-order valence-corrected chi connectivity index (χ3v) is 5.56. The molecule has 0 fully saturated rings. The second kappa shape index (κ2) is 10.6. The van der Waals surface area contributed by atoms with E-state index in [1.807, 2.05) is 12.1 Å². The Morgan fingerprint density at radius 1 is 0.943 bits per heavy atom. The predicted molar refractivity (Wildman–Crippen MR) is 130 cm³/mol. The molecule has 0 spiro atoms. The summed E-state index contributed by atoms with van der Waals surface area (Å²) >= 11 is 0. The molecule has 0 unspecified atom stereocenters. The van der Waals surface area contributed by atoms with E-state index in [-0.39, 0.29) is 24.5 Å². The number of pyridine rings is 2. The van der Waals surface area contributed by atoms with E-state index in [1.54, 1.807) is 56.9 Å². The van der Waals surface area contributed by atoms with E-state index in [2.05, 4.69) is 15.3 Å². The summed E-state index contributed by atoms with van der Waals surface area (Å²) in [7, 11) is 3.13. The predicted octanol–water partition coefficient (Wildman–Crippen LogP) is 1.38. The second-order valence-electron chi connectivity index (χ2n) is 7.78. The lowest BCUT2D eigenvalue weighted by molar-refractivity contribution is -0.121. The third kappa shape index (κ3) is 5.21. The van der Waals surface area contributed by atoms with Crippen molar-refractivity contribution in [2.75, 3.05) is 20.8 Å². The Labute approximate surface area is 200 Å². The average molecular weight is 476 g/mol. The van der Waals surface area contributed by atoms with Crippen molar-refractivity contribution in [2.24, 2.45) is 0 Å². The minimum absolute atomic E-state index is 0.0492. The van der Waals surface area contributed by atoms with Crippen molar-refractivity contribution >= 4 is 16.9 Å². The lowest BCUT2D eigenvalue weighted by Gasteiger charge is -2.14. The van der Waals surface area contributed by atoms with Gasteiger partial charge in [0.2, 0.25) is 5.91 Å². The Kier molecular flexibility index (Phi) is 7.20. The first-order valence-corrected chi connectivity index (χ1v) is 11.0. The minimum Gasteiger partial charge on any atom is -0.493 e. The van der Waals surface area contributed by atoms with E-state index in [4.69, 9.17) is 9.47 Å². The number of amides is 1. The number of methoxy groups -OCH3 is 2. The van der Waals surface area contributed by atoms with Crippen molar-refractivity contribution in [3.8, 4) is 11.5 Å². The van der Waals surface area contributed by atoms with E-state index in [0.29, 0.717) is 30.0 Å². The third-order valence-electron chi connectivity index (χ3n) is 5.56. The molecule has 0 aliphatic carbocycles. The van der Waals surface area contributed by atoms with Crippen LogP contribution in [0.3, 0.4) is 0 Å². The Morgan fingerprint density at radius 3 is 2.46 bits per heavy atom. The van der Waals surface area contributed by atoms with Gasteiger partial charge in [-0.2, -0.15) is 0 Å². The highest BCUT2D eigenvalue weighted by atomic mass is 16.5. The molecule has 35 heavy (non-hydrogen) atoms. The van der Waals surface area contributed by atoms with Gasteiger partial charge in [-0.05, 0) is 53.9 Å². The fourth-order valence-corrected chi connectivity index (χ4v) is 3.79. The molecule has 1 aromatic carbocycles. The Balaban J connectivity index is 1.54. The molecule has 3 aromatic heterocycles. The summed E-state index contributed by atoms with van der Waals surface area (Å²) in [4.78, 5) is 47.1. The number of carbonyl (C=O) groups excluding carboxylic acids is 1. The van der Waals surface area contributed by atoms with E-state index in [0.717, 1.165) is 15.7 Å². The lowest BCUT2D eigenvalue weighted by atomic mass is 10.1.